The summed E-state index contributed by atoms with van der Waals surface area (Å²) >= 11 is 0. The molecule has 0 aromatic heterocycles. The lowest BCUT2D eigenvalue weighted by Crippen LogP contribution is -2.25. The van der Waals surface area contributed by atoms with Crippen molar-refractivity contribution in [3.63, 3.8) is 0 Å². The molecule has 2 N–H and O–H groups in total. The van der Waals surface area contributed by atoms with Crippen LogP contribution in [0, 0.1) is 5.41 Å². The quantitative estimate of drug-likeness (QED) is 0.540. The van der Waals surface area contributed by atoms with Gasteiger partial charge in [0.1, 0.15) is 0 Å². The molecule has 1 aliphatic rings. The Bertz CT molecular complexity index is 630. The molecule has 0 aliphatic heterocycles. The van der Waals surface area contributed by atoms with Gasteiger partial charge in [-0.2, -0.15) is 0 Å². The molecule has 0 heterocycles. The summed E-state index contributed by atoms with van der Waals surface area (Å²) < 4.78 is 0. The van der Waals surface area contributed by atoms with Gasteiger partial charge in [-0.3, -0.25) is 9.79 Å². The smallest absolute Gasteiger partial charge is 0.159 e. The number of Topliss-reactive ketones (excluding diaryl/α,β-unsaturated/α-hetero) is 1. The van der Waals surface area contributed by atoms with E-state index in [-0.39, 0.29) is 12.4 Å². The zero-order chi connectivity index (χ0) is 20.2. The Labute approximate surface area is 157 Å². The van der Waals surface area contributed by atoms with Gasteiger partial charge in [-0.25, -0.2) is 0 Å². The van der Waals surface area contributed by atoms with Crippen molar-refractivity contribution in [1.82, 2.24) is 4.90 Å². The molecule has 6 heteroatoms. The number of aliphatic imine (C=N–C) groups is 2. The highest BCUT2D eigenvalue weighted by atomic mass is 16.2. The van der Waals surface area contributed by atoms with Crippen LogP contribution in [-0.4, -0.2) is 66.8 Å². The second kappa shape index (κ2) is 12.1. The summed E-state index contributed by atoms with van der Waals surface area (Å²) in [6.07, 6.45) is 11.3. The molecule has 1 atom stereocenters. The predicted molar refractivity (Wildman–Crippen MR) is 111 cm³/mol. The first-order chi connectivity index (χ1) is 12.2. The van der Waals surface area contributed by atoms with Crippen LogP contribution in [0.2, 0.25) is 0 Å². The molecule has 144 valence electrons. The highest BCUT2D eigenvalue weighted by Crippen LogP contribution is 2.23. The van der Waals surface area contributed by atoms with E-state index in [2.05, 4.69) is 16.9 Å². The maximum absolute atomic E-state index is 11.6. The lowest BCUT2D eigenvalue weighted by Gasteiger charge is -2.23. The Morgan fingerprint density at radius 2 is 2.00 bits per heavy atom. The third-order valence-electron chi connectivity index (χ3n) is 3.66. The maximum atomic E-state index is 11.6. The van der Waals surface area contributed by atoms with E-state index < -0.39 is 5.54 Å². The van der Waals surface area contributed by atoms with Gasteiger partial charge in [-0.1, -0.05) is 0 Å². The summed E-state index contributed by atoms with van der Waals surface area (Å²) in [6, 6.07) is 0. The zero-order valence-electron chi connectivity index (χ0n) is 16.8. The summed E-state index contributed by atoms with van der Waals surface area (Å²) in [7, 11) is 3.69. The summed E-state index contributed by atoms with van der Waals surface area (Å²) in [6.45, 7) is 8.37. The summed E-state index contributed by atoms with van der Waals surface area (Å²) in [4.78, 5) is 22.3. The van der Waals surface area contributed by atoms with Crippen LogP contribution in [0.5, 0.6) is 0 Å². The standard InChI is InChI=1S/C18H26N4O.C2H6O/c1-6-22(5)13-21-18(3,9-10-20-4)12-16-11-15(14(2)23)7-8-17(16)19;1-2-3/h7-8,10-13,19H,6,9H2,1-5H3;3H,2H2,1H3/b16-12+,19-17?,20-10?,21-13?;. The third-order valence-corrected chi connectivity index (χ3v) is 3.66. The van der Waals surface area contributed by atoms with Crippen molar-refractivity contribution in [2.45, 2.75) is 39.7 Å². The van der Waals surface area contributed by atoms with Crippen LogP contribution < -0.4 is 0 Å². The van der Waals surface area contributed by atoms with Gasteiger partial charge in [0.15, 0.2) is 5.78 Å². The molecule has 0 aromatic carbocycles. The van der Waals surface area contributed by atoms with Gasteiger partial charge in [0.25, 0.3) is 0 Å². The Hall–Kier alpha value is -2.34. The number of hydrogen-bond donors (Lipinski definition) is 2. The molecule has 1 unspecified atom stereocenters. The maximum Gasteiger partial charge on any atom is 0.159 e. The van der Waals surface area contributed by atoms with Gasteiger partial charge < -0.3 is 20.4 Å². The minimum Gasteiger partial charge on any atom is -0.397 e. The number of aliphatic hydroxyl groups excluding tert-OH is 1. The van der Waals surface area contributed by atoms with E-state index in [1.807, 2.05) is 31.2 Å². The molecule has 0 amide bonds. The van der Waals surface area contributed by atoms with Gasteiger partial charge >= 0.3 is 0 Å². The van der Waals surface area contributed by atoms with Crippen molar-refractivity contribution in [2.75, 3.05) is 27.2 Å². The van der Waals surface area contributed by atoms with Crippen LogP contribution in [0.3, 0.4) is 0 Å². The van der Waals surface area contributed by atoms with Gasteiger partial charge in [-0.05, 0) is 57.6 Å². The van der Waals surface area contributed by atoms with Gasteiger partial charge in [-0.15, -0.1) is 0 Å². The molecule has 0 fully saturated rings. The molecule has 1 rings (SSSR count). The number of carbonyl (C=O) groups is 1. The fraction of sp³-hybridized carbons (Fsp3) is 0.500. The molecular weight excluding hydrogens is 328 g/mol. The minimum absolute atomic E-state index is 0.00862. The number of allylic oxidation sites excluding steroid dienone is 5. The normalized spacial score (nSPS) is 17.9. The van der Waals surface area contributed by atoms with Crippen molar-refractivity contribution in [1.29, 1.82) is 5.41 Å². The number of nitrogens with one attached hydrogen (secondary N) is 1. The Morgan fingerprint density at radius 3 is 2.50 bits per heavy atom. The van der Waals surface area contributed by atoms with E-state index in [0.29, 0.717) is 23.3 Å². The van der Waals surface area contributed by atoms with Crippen molar-refractivity contribution in [3.05, 3.63) is 35.5 Å². The van der Waals surface area contributed by atoms with Crippen molar-refractivity contribution >= 4 is 24.0 Å². The van der Waals surface area contributed by atoms with Crippen LogP contribution in [0.15, 0.2) is 45.4 Å². The van der Waals surface area contributed by atoms with Crippen LogP contribution in [0.1, 0.15) is 34.1 Å². The second-order valence-corrected chi connectivity index (χ2v) is 6.14. The van der Waals surface area contributed by atoms with E-state index in [1.165, 1.54) is 6.92 Å². The summed E-state index contributed by atoms with van der Waals surface area (Å²) in [5, 5.41) is 15.6. The fourth-order valence-corrected chi connectivity index (χ4v) is 1.97. The zero-order valence-corrected chi connectivity index (χ0v) is 16.8. The molecular formula is C20H32N4O2. The van der Waals surface area contributed by atoms with Crippen LogP contribution in [0.4, 0.5) is 0 Å². The highest BCUT2D eigenvalue weighted by Gasteiger charge is 2.21. The van der Waals surface area contributed by atoms with Gasteiger partial charge in [0, 0.05) is 45.5 Å². The number of aliphatic hydroxyl groups is 1. The average molecular weight is 361 g/mol. The molecule has 26 heavy (non-hydrogen) atoms. The molecule has 0 aromatic rings. The molecule has 0 saturated carbocycles. The van der Waals surface area contributed by atoms with Crippen molar-refractivity contribution in [3.8, 4) is 0 Å². The molecule has 6 nitrogen and oxygen atoms in total. The van der Waals surface area contributed by atoms with Crippen LogP contribution in [-0.2, 0) is 4.79 Å². The number of hydrogen-bond acceptors (Lipinski definition) is 5. The van der Waals surface area contributed by atoms with E-state index in [0.717, 1.165) is 6.54 Å². The number of rotatable bonds is 7. The highest BCUT2D eigenvalue weighted by molar-refractivity contribution is 6.13. The summed E-state index contributed by atoms with van der Waals surface area (Å²) in [5.74, 6) is -0.00862. The fourth-order valence-electron chi connectivity index (χ4n) is 1.97. The average Bonchev–Trinajstić information content (AvgIpc) is 2.60. The van der Waals surface area contributed by atoms with Gasteiger partial charge in [0.2, 0.25) is 0 Å². The van der Waals surface area contributed by atoms with Gasteiger partial charge in [0.05, 0.1) is 17.6 Å². The van der Waals surface area contributed by atoms with Crippen molar-refractivity contribution in [2.24, 2.45) is 9.98 Å². The first-order valence-electron chi connectivity index (χ1n) is 8.72. The molecule has 1 aliphatic carbocycles. The van der Waals surface area contributed by atoms with Crippen LogP contribution in [0.25, 0.3) is 0 Å². The first kappa shape index (κ1) is 23.7. The Kier molecular flexibility index (Phi) is 11.0. The lowest BCUT2D eigenvalue weighted by molar-refractivity contribution is -0.113. The molecule has 0 radical (unpaired) electrons. The Balaban J connectivity index is 0.00000194. The summed E-state index contributed by atoms with van der Waals surface area (Å²) in [5.41, 5.74) is 1.18. The molecule has 0 saturated heterocycles. The van der Waals surface area contributed by atoms with E-state index in [4.69, 9.17) is 10.5 Å². The molecule has 0 spiro atoms. The largest absolute Gasteiger partial charge is 0.397 e. The lowest BCUT2D eigenvalue weighted by atomic mass is 9.90. The monoisotopic (exact) mass is 360 g/mol. The third kappa shape index (κ3) is 8.67. The minimum atomic E-state index is -0.520. The number of ketones is 1. The SMILES string of the molecule is CCN(C)C=NC(C)(/C=C1\C=C(C(C)=O)C=CC1=N)CC=NC.CCO. The van der Waals surface area contributed by atoms with Crippen LogP contribution >= 0.6 is 0 Å². The molecule has 0 bridgehead atoms. The van der Waals surface area contributed by atoms with E-state index >= 15 is 0 Å². The predicted octanol–water partition coefficient (Wildman–Crippen LogP) is 2.85. The van der Waals surface area contributed by atoms with E-state index in [9.17, 15) is 4.79 Å². The number of carbonyl (C=O) groups excluding carboxylic acids is 1. The Morgan fingerprint density at radius 1 is 1.38 bits per heavy atom. The topological polar surface area (TPSA) is 89.1 Å². The van der Waals surface area contributed by atoms with Crippen molar-refractivity contribution < 1.29 is 9.90 Å². The number of nitrogens with zero attached hydrogens (tertiary/aromatic N) is 3. The van der Waals surface area contributed by atoms with E-state index in [1.54, 1.807) is 38.5 Å². The first-order valence-corrected chi connectivity index (χ1v) is 8.72. The second-order valence-electron chi connectivity index (χ2n) is 6.14.